The molecule has 9 heteroatoms. The average Bonchev–Trinajstić information content (AvgIpc) is 3.08. The number of nitrogens with one attached hydrogen (secondary N) is 2. The second kappa shape index (κ2) is 11.2. The maximum atomic E-state index is 12.8. The largest absolute Gasteiger partial charge is 0.481 e. The molecule has 0 saturated carbocycles. The second-order valence-corrected chi connectivity index (χ2v) is 9.05. The first-order chi connectivity index (χ1) is 16.2. The summed E-state index contributed by atoms with van der Waals surface area (Å²) in [7, 11) is 0. The smallest absolute Gasteiger partial charge is 0.341 e. The van der Waals surface area contributed by atoms with E-state index in [0.29, 0.717) is 32.6 Å². The van der Waals surface area contributed by atoms with Gasteiger partial charge >= 0.3 is 5.97 Å². The molecule has 34 heavy (non-hydrogen) atoms. The van der Waals surface area contributed by atoms with Crippen molar-refractivity contribution in [1.82, 2.24) is 0 Å². The van der Waals surface area contributed by atoms with Gasteiger partial charge in [0.05, 0.1) is 22.9 Å². The Balaban J connectivity index is 1.65. The quantitative estimate of drug-likeness (QED) is 0.378. The number of ether oxygens (including phenoxy) is 2. The Morgan fingerprint density at radius 1 is 1.03 bits per heavy atom. The van der Waals surface area contributed by atoms with Crippen LogP contribution < -0.4 is 15.4 Å². The van der Waals surface area contributed by atoms with Gasteiger partial charge in [-0.25, -0.2) is 4.79 Å². The van der Waals surface area contributed by atoms with Crippen LogP contribution in [0.3, 0.4) is 0 Å². The zero-order chi connectivity index (χ0) is 24.8. The van der Waals surface area contributed by atoms with E-state index in [1.807, 2.05) is 13.8 Å². The summed E-state index contributed by atoms with van der Waals surface area (Å²) in [6, 6.07) is 13.3. The lowest BCUT2D eigenvalue weighted by Crippen LogP contribution is -2.30. The van der Waals surface area contributed by atoms with Gasteiger partial charge in [0, 0.05) is 10.4 Å². The Bertz CT molecular complexity index is 1210. The van der Waals surface area contributed by atoms with Crippen molar-refractivity contribution in [2.24, 2.45) is 0 Å². The maximum absolute atomic E-state index is 12.8. The molecule has 1 unspecified atom stereocenters. The highest BCUT2D eigenvalue weighted by molar-refractivity contribution is 7.16. The number of carbonyl (C=O) groups is 3. The molecule has 0 radical (unpaired) electrons. The van der Waals surface area contributed by atoms with Gasteiger partial charge in [-0.1, -0.05) is 23.7 Å². The number of hydrogen-bond donors (Lipinski definition) is 2. The summed E-state index contributed by atoms with van der Waals surface area (Å²) in [4.78, 5) is 38.4. The van der Waals surface area contributed by atoms with E-state index in [-0.39, 0.29) is 18.4 Å². The van der Waals surface area contributed by atoms with Crippen LogP contribution in [0.25, 0.3) is 0 Å². The molecule has 0 fully saturated rings. The fourth-order valence-electron chi connectivity index (χ4n) is 3.08. The first-order valence-electron chi connectivity index (χ1n) is 10.6. The fourth-order valence-corrected chi connectivity index (χ4v) is 4.31. The lowest BCUT2D eigenvalue weighted by Gasteiger charge is -2.15. The monoisotopic (exact) mass is 500 g/mol. The van der Waals surface area contributed by atoms with Crippen LogP contribution in [0, 0.1) is 13.8 Å². The number of esters is 1. The number of halogens is 1. The molecule has 3 rings (SSSR count). The van der Waals surface area contributed by atoms with E-state index in [2.05, 4.69) is 10.6 Å². The van der Waals surface area contributed by atoms with Gasteiger partial charge in [0.1, 0.15) is 10.8 Å². The predicted molar refractivity (Wildman–Crippen MR) is 134 cm³/mol. The molecule has 2 N–H and O–H groups in total. The molecule has 0 aliphatic rings. The number of carbonyl (C=O) groups excluding carboxylic acids is 3. The van der Waals surface area contributed by atoms with Crippen molar-refractivity contribution in [3.05, 3.63) is 75.1 Å². The zero-order valence-corrected chi connectivity index (χ0v) is 20.8. The van der Waals surface area contributed by atoms with Crippen molar-refractivity contribution in [3.63, 3.8) is 0 Å². The molecular formula is C25H25ClN2O5S. The maximum Gasteiger partial charge on any atom is 0.341 e. The standard InChI is InChI=1S/C25H25ClN2O5S/c1-5-32-25(31)21-14(2)16(4)34-24(21)28-23(30)17-10-12-18(13-11-17)33-15(3)22(29)27-20-9-7-6-8-19(20)26/h6-13,15H,5H2,1-4H3,(H,27,29)(H,28,30). The first kappa shape index (κ1) is 25.3. The third-order valence-electron chi connectivity index (χ3n) is 5.02. The Labute approximate surface area is 207 Å². The van der Waals surface area contributed by atoms with Gasteiger partial charge < -0.3 is 20.1 Å². The number of rotatable bonds is 8. The molecule has 7 nitrogen and oxygen atoms in total. The summed E-state index contributed by atoms with van der Waals surface area (Å²) in [5.74, 6) is -0.770. The van der Waals surface area contributed by atoms with E-state index in [0.717, 1.165) is 10.4 Å². The summed E-state index contributed by atoms with van der Waals surface area (Å²) >= 11 is 7.40. The zero-order valence-electron chi connectivity index (χ0n) is 19.2. The van der Waals surface area contributed by atoms with Crippen molar-refractivity contribution in [2.75, 3.05) is 17.2 Å². The lowest BCUT2D eigenvalue weighted by atomic mass is 10.1. The van der Waals surface area contributed by atoms with E-state index in [1.54, 1.807) is 62.4 Å². The molecule has 0 bridgehead atoms. The topological polar surface area (TPSA) is 93.7 Å². The SMILES string of the molecule is CCOC(=O)c1c(NC(=O)c2ccc(OC(C)C(=O)Nc3ccccc3Cl)cc2)sc(C)c1C. The molecule has 2 amide bonds. The molecule has 1 aromatic heterocycles. The van der Waals surface area contributed by atoms with Gasteiger partial charge in [0.25, 0.3) is 11.8 Å². The molecule has 0 aliphatic carbocycles. The van der Waals surface area contributed by atoms with Gasteiger partial charge in [-0.2, -0.15) is 0 Å². The number of para-hydroxylation sites is 1. The van der Waals surface area contributed by atoms with Gasteiger partial charge in [0.2, 0.25) is 0 Å². The van der Waals surface area contributed by atoms with Crippen molar-refractivity contribution < 1.29 is 23.9 Å². The number of hydrogen-bond acceptors (Lipinski definition) is 6. The van der Waals surface area contributed by atoms with Crippen LogP contribution in [0.5, 0.6) is 5.75 Å². The van der Waals surface area contributed by atoms with E-state index in [4.69, 9.17) is 21.1 Å². The van der Waals surface area contributed by atoms with Crippen LogP contribution in [0.4, 0.5) is 10.7 Å². The summed E-state index contributed by atoms with van der Waals surface area (Å²) in [5, 5.41) is 6.40. The molecule has 1 heterocycles. The van der Waals surface area contributed by atoms with Crippen LogP contribution in [0.1, 0.15) is 45.0 Å². The van der Waals surface area contributed by atoms with Gasteiger partial charge in [-0.3, -0.25) is 9.59 Å². The first-order valence-corrected chi connectivity index (χ1v) is 11.8. The average molecular weight is 501 g/mol. The van der Waals surface area contributed by atoms with Gasteiger partial charge in [-0.15, -0.1) is 11.3 Å². The Morgan fingerprint density at radius 3 is 2.35 bits per heavy atom. The highest BCUT2D eigenvalue weighted by Crippen LogP contribution is 2.33. The Kier molecular flexibility index (Phi) is 8.31. The summed E-state index contributed by atoms with van der Waals surface area (Å²) in [5.41, 5.74) is 2.03. The number of aryl methyl sites for hydroxylation is 1. The van der Waals surface area contributed by atoms with E-state index >= 15 is 0 Å². The summed E-state index contributed by atoms with van der Waals surface area (Å²) < 4.78 is 10.8. The van der Waals surface area contributed by atoms with Crippen molar-refractivity contribution >= 4 is 51.4 Å². The van der Waals surface area contributed by atoms with E-state index in [9.17, 15) is 14.4 Å². The minimum Gasteiger partial charge on any atom is -0.481 e. The number of benzene rings is 2. The summed E-state index contributed by atoms with van der Waals surface area (Å²) in [6.45, 7) is 7.30. The molecule has 178 valence electrons. The third kappa shape index (κ3) is 5.95. The Hall–Kier alpha value is -3.36. The predicted octanol–water partition coefficient (Wildman–Crippen LogP) is 5.85. The number of thiophene rings is 1. The van der Waals surface area contributed by atoms with E-state index in [1.165, 1.54) is 11.3 Å². The minimum atomic E-state index is -0.792. The fraction of sp³-hybridized carbons (Fsp3) is 0.240. The van der Waals surface area contributed by atoms with Crippen LogP contribution in [0.2, 0.25) is 5.02 Å². The minimum absolute atomic E-state index is 0.247. The van der Waals surface area contributed by atoms with Crippen LogP contribution >= 0.6 is 22.9 Å². The molecule has 0 aliphatic heterocycles. The lowest BCUT2D eigenvalue weighted by molar-refractivity contribution is -0.122. The molecule has 2 aromatic carbocycles. The number of anilines is 2. The van der Waals surface area contributed by atoms with Gasteiger partial charge in [-0.05, 0) is 69.7 Å². The Morgan fingerprint density at radius 2 is 1.71 bits per heavy atom. The normalized spacial score (nSPS) is 11.4. The van der Waals surface area contributed by atoms with Crippen LogP contribution in [-0.4, -0.2) is 30.5 Å². The van der Waals surface area contributed by atoms with E-state index < -0.39 is 12.1 Å². The number of amides is 2. The van der Waals surface area contributed by atoms with Crippen molar-refractivity contribution in [1.29, 1.82) is 0 Å². The van der Waals surface area contributed by atoms with Crippen molar-refractivity contribution in [3.8, 4) is 5.75 Å². The molecular weight excluding hydrogens is 476 g/mol. The molecule has 3 aromatic rings. The molecule has 1 atom stereocenters. The molecule has 0 spiro atoms. The van der Waals surface area contributed by atoms with Gasteiger partial charge in [0.15, 0.2) is 6.10 Å². The van der Waals surface area contributed by atoms with Crippen LogP contribution in [0.15, 0.2) is 48.5 Å². The highest BCUT2D eigenvalue weighted by Gasteiger charge is 2.22. The molecule has 0 saturated heterocycles. The summed E-state index contributed by atoms with van der Waals surface area (Å²) in [6.07, 6.45) is -0.792. The van der Waals surface area contributed by atoms with Crippen molar-refractivity contribution in [2.45, 2.75) is 33.8 Å². The second-order valence-electron chi connectivity index (χ2n) is 7.42. The van der Waals surface area contributed by atoms with Crippen LogP contribution in [-0.2, 0) is 9.53 Å². The highest BCUT2D eigenvalue weighted by atomic mass is 35.5. The third-order valence-corrected chi connectivity index (χ3v) is 6.47.